The number of allylic oxidation sites excluding steroid dienone is 2. The summed E-state index contributed by atoms with van der Waals surface area (Å²) in [5.74, 6) is 0.208. The highest BCUT2D eigenvalue weighted by molar-refractivity contribution is 5.57. The summed E-state index contributed by atoms with van der Waals surface area (Å²) in [7, 11) is 0. The van der Waals surface area contributed by atoms with Crippen LogP contribution in [0.3, 0.4) is 0 Å². The Morgan fingerprint density at radius 1 is 0.667 bits per heavy atom. The normalized spacial score (nSPS) is 14.5. The summed E-state index contributed by atoms with van der Waals surface area (Å²) in [5, 5.41) is 28.5. The number of rotatable bonds is 18. The fraction of sp³-hybridized carbons (Fsp3) is 0.759. The lowest BCUT2D eigenvalue weighted by molar-refractivity contribution is 0.0360. The maximum atomic E-state index is 9.76. The Bertz CT molecular complexity index is 721. The van der Waals surface area contributed by atoms with Gasteiger partial charge in [-0.25, -0.2) is 0 Å². The van der Waals surface area contributed by atoms with Crippen LogP contribution >= 0.6 is 0 Å². The Morgan fingerprint density at radius 3 is 1.42 bits per heavy atom. The molecule has 0 aromatic carbocycles. The topological polar surface area (TPSA) is 80.6 Å². The van der Waals surface area contributed by atoms with Gasteiger partial charge in [0.25, 0.3) is 0 Å². The van der Waals surface area contributed by atoms with Crippen LogP contribution in [-0.2, 0) is 4.74 Å². The van der Waals surface area contributed by atoms with E-state index in [-0.39, 0.29) is 11.3 Å². The average Bonchev–Trinajstić information content (AvgIpc) is 3.09. The summed E-state index contributed by atoms with van der Waals surface area (Å²) in [5.41, 5.74) is 0.685. The number of unbranched alkanes of at least 4 members (excludes halogenated alkanes) is 14. The molecule has 0 amide bonds. The molecule has 0 atom stereocenters. The molecule has 0 spiro atoms. The quantitative estimate of drug-likeness (QED) is 0.154. The van der Waals surface area contributed by atoms with E-state index in [9.17, 15) is 15.8 Å². The Hall–Kier alpha value is -2.25. The lowest BCUT2D eigenvalue weighted by Gasteiger charge is -2.31. The van der Waals surface area contributed by atoms with Gasteiger partial charge in [-0.05, 0) is 38.2 Å². The summed E-state index contributed by atoms with van der Waals surface area (Å²) in [4.78, 5) is 0. The van der Waals surface area contributed by atoms with Gasteiger partial charge in [-0.15, -0.1) is 0 Å². The molecule has 4 nitrogen and oxygen atoms in total. The van der Waals surface area contributed by atoms with Crippen molar-refractivity contribution in [2.24, 2.45) is 0 Å². The zero-order valence-corrected chi connectivity index (χ0v) is 21.5. The van der Waals surface area contributed by atoms with Crippen LogP contribution in [0.25, 0.3) is 0 Å². The van der Waals surface area contributed by atoms with Gasteiger partial charge < -0.3 is 4.74 Å². The van der Waals surface area contributed by atoms with Gasteiger partial charge in [0.05, 0.1) is 5.57 Å². The molecule has 4 heteroatoms. The second kappa shape index (κ2) is 17.3. The molecule has 182 valence electrons. The minimum atomic E-state index is -0.538. The van der Waals surface area contributed by atoms with Crippen LogP contribution in [-0.4, -0.2) is 5.60 Å². The number of hydrogen-bond donors (Lipinski definition) is 0. The highest BCUT2D eigenvalue weighted by Gasteiger charge is 2.43. The minimum absolute atomic E-state index is 0.0837. The largest absolute Gasteiger partial charge is 0.479 e. The zero-order valence-electron chi connectivity index (χ0n) is 21.5. The molecule has 1 rings (SSSR count). The number of ether oxygens (including phenoxy) is 1. The van der Waals surface area contributed by atoms with Crippen molar-refractivity contribution in [2.75, 3.05) is 0 Å². The average molecular weight is 452 g/mol. The molecule has 0 aromatic heterocycles. The standard InChI is InChI=1S/C29H45N3O/c1-4-6-8-10-12-14-16-18-20-29(21-19-17-15-13-11-9-7-5-2)25(3)27(24-32)28(33-29)26(22-30)23-31/h4-21H2,1-3H3. The molecule has 33 heavy (non-hydrogen) atoms. The number of nitriles is 3. The summed E-state index contributed by atoms with van der Waals surface area (Å²) in [6.07, 6.45) is 21.6. The van der Waals surface area contributed by atoms with Crippen LogP contribution in [0.15, 0.2) is 22.5 Å². The summed E-state index contributed by atoms with van der Waals surface area (Å²) >= 11 is 0. The van der Waals surface area contributed by atoms with Crippen molar-refractivity contribution >= 4 is 0 Å². The lowest BCUT2D eigenvalue weighted by atomic mass is 9.83. The predicted octanol–water partition coefficient (Wildman–Crippen LogP) is 8.96. The highest BCUT2D eigenvalue weighted by Crippen LogP contribution is 2.45. The number of hydrogen-bond acceptors (Lipinski definition) is 4. The molecule has 0 aliphatic carbocycles. The monoisotopic (exact) mass is 451 g/mol. The van der Waals surface area contributed by atoms with Gasteiger partial charge >= 0.3 is 0 Å². The van der Waals surface area contributed by atoms with Crippen molar-refractivity contribution in [1.82, 2.24) is 0 Å². The fourth-order valence-electron chi connectivity index (χ4n) is 4.85. The molecule has 1 aliphatic heterocycles. The van der Waals surface area contributed by atoms with E-state index in [1.807, 2.05) is 19.1 Å². The second-order valence-corrected chi connectivity index (χ2v) is 9.59. The van der Waals surface area contributed by atoms with E-state index in [2.05, 4.69) is 19.9 Å². The first kappa shape index (κ1) is 28.8. The smallest absolute Gasteiger partial charge is 0.172 e. The lowest BCUT2D eigenvalue weighted by Crippen LogP contribution is -2.30. The van der Waals surface area contributed by atoms with Gasteiger partial charge in [0.2, 0.25) is 0 Å². The van der Waals surface area contributed by atoms with Crippen LogP contribution in [0.4, 0.5) is 0 Å². The second-order valence-electron chi connectivity index (χ2n) is 9.59. The van der Waals surface area contributed by atoms with E-state index in [4.69, 9.17) is 4.74 Å². The van der Waals surface area contributed by atoms with Crippen molar-refractivity contribution in [3.05, 3.63) is 22.5 Å². The van der Waals surface area contributed by atoms with E-state index in [1.165, 1.54) is 77.0 Å². The van der Waals surface area contributed by atoms with E-state index >= 15 is 0 Å². The van der Waals surface area contributed by atoms with E-state index in [0.717, 1.165) is 44.1 Å². The maximum absolute atomic E-state index is 9.76. The molecular formula is C29H45N3O. The van der Waals surface area contributed by atoms with Gasteiger partial charge in [0.15, 0.2) is 11.3 Å². The zero-order chi connectivity index (χ0) is 24.4. The summed E-state index contributed by atoms with van der Waals surface area (Å²) < 4.78 is 6.37. The first-order chi connectivity index (χ1) is 16.1. The fourth-order valence-corrected chi connectivity index (χ4v) is 4.85. The van der Waals surface area contributed by atoms with Crippen molar-refractivity contribution in [3.63, 3.8) is 0 Å². The van der Waals surface area contributed by atoms with E-state index in [1.54, 1.807) is 0 Å². The molecule has 0 bridgehead atoms. The molecule has 1 heterocycles. The Labute approximate surface area is 203 Å². The van der Waals surface area contributed by atoms with Crippen molar-refractivity contribution < 1.29 is 4.74 Å². The Balaban J connectivity index is 2.75. The minimum Gasteiger partial charge on any atom is -0.479 e. The van der Waals surface area contributed by atoms with Crippen molar-refractivity contribution in [1.29, 1.82) is 15.8 Å². The molecule has 0 saturated carbocycles. The Morgan fingerprint density at radius 2 is 1.06 bits per heavy atom. The SMILES string of the molecule is CCCCCCCCCCC1(CCCCCCCCCC)OC(=C(C#N)C#N)C(C#N)=C1C. The molecular weight excluding hydrogens is 406 g/mol. The molecule has 0 unspecified atom stereocenters. The van der Waals surface area contributed by atoms with Gasteiger partial charge in [-0.1, -0.05) is 104 Å². The van der Waals surface area contributed by atoms with Crippen LogP contribution < -0.4 is 0 Å². The third-order valence-corrected chi connectivity index (χ3v) is 7.01. The summed E-state index contributed by atoms with van der Waals surface area (Å²) in [6, 6.07) is 6.07. The molecule has 1 aliphatic rings. The number of nitrogens with zero attached hydrogens (tertiary/aromatic N) is 3. The first-order valence-corrected chi connectivity index (χ1v) is 13.5. The molecule has 0 radical (unpaired) electrons. The van der Waals surface area contributed by atoms with Crippen LogP contribution in [0.2, 0.25) is 0 Å². The van der Waals surface area contributed by atoms with E-state index in [0.29, 0.717) is 5.57 Å². The first-order valence-electron chi connectivity index (χ1n) is 13.5. The Kier molecular flexibility index (Phi) is 15.1. The van der Waals surface area contributed by atoms with Gasteiger partial charge in [-0.3, -0.25) is 0 Å². The third-order valence-electron chi connectivity index (χ3n) is 7.01. The summed E-state index contributed by atoms with van der Waals surface area (Å²) in [6.45, 7) is 6.45. The predicted molar refractivity (Wildman–Crippen MR) is 135 cm³/mol. The van der Waals surface area contributed by atoms with Crippen LogP contribution in [0.5, 0.6) is 0 Å². The highest BCUT2D eigenvalue weighted by atomic mass is 16.5. The molecule has 0 fully saturated rings. The molecule has 0 saturated heterocycles. The maximum Gasteiger partial charge on any atom is 0.172 e. The van der Waals surface area contributed by atoms with Gasteiger partial charge in [0, 0.05) is 0 Å². The van der Waals surface area contributed by atoms with Crippen LogP contribution in [0.1, 0.15) is 136 Å². The van der Waals surface area contributed by atoms with Crippen molar-refractivity contribution in [3.8, 4) is 18.2 Å². The van der Waals surface area contributed by atoms with Gasteiger partial charge in [-0.2, -0.15) is 15.8 Å². The van der Waals surface area contributed by atoms with Crippen LogP contribution in [0, 0.1) is 34.0 Å². The third kappa shape index (κ3) is 9.64. The molecule has 0 aromatic rings. The van der Waals surface area contributed by atoms with Gasteiger partial charge in [0.1, 0.15) is 23.8 Å². The molecule has 0 N–H and O–H groups in total. The van der Waals surface area contributed by atoms with E-state index < -0.39 is 5.60 Å². The van der Waals surface area contributed by atoms with Crippen molar-refractivity contribution in [2.45, 2.75) is 142 Å².